The second-order valence-corrected chi connectivity index (χ2v) is 7.00. The average Bonchev–Trinajstić information content (AvgIpc) is 2.23. The van der Waals surface area contributed by atoms with Gasteiger partial charge in [-0.1, -0.05) is 0 Å². The van der Waals surface area contributed by atoms with Gasteiger partial charge < -0.3 is 4.74 Å². The highest BCUT2D eigenvalue weighted by Crippen LogP contribution is 1.96. The van der Waals surface area contributed by atoms with Crippen molar-refractivity contribution in [2.45, 2.75) is 19.3 Å². The van der Waals surface area contributed by atoms with Crippen LogP contribution < -0.4 is 4.72 Å². The summed E-state index contributed by atoms with van der Waals surface area (Å²) in [4.78, 5) is 10.8. The summed E-state index contributed by atoms with van der Waals surface area (Å²) < 4.78 is 40.3. The van der Waals surface area contributed by atoms with Crippen LogP contribution >= 0.6 is 0 Å². The average molecular weight is 285 g/mol. The number of methoxy groups -OCH3 is 1. The van der Waals surface area contributed by atoms with Crippen LogP contribution in [0, 0.1) is 0 Å². The minimum atomic E-state index is -3.34. The topological polar surface area (TPSA) is 89.5 Å². The van der Waals surface area contributed by atoms with Crippen LogP contribution in [0.15, 0.2) is 0 Å². The zero-order chi connectivity index (χ0) is 13.3. The lowest BCUT2D eigenvalue weighted by molar-refractivity contribution is -0.140. The molecule has 0 spiro atoms. The fourth-order valence-electron chi connectivity index (χ4n) is 1.08. The Kier molecular flexibility index (Phi) is 8.36. The van der Waals surface area contributed by atoms with Gasteiger partial charge in [-0.2, -0.15) is 0 Å². The molecule has 0 heterocycles. The van der Waals surface area contributed by atoms with Crippen LogP contribution in [0.5, 0.6) is 0 Å². The van der Waals surface area contributed by atoms with Crippen LogP contribution in [0.2, 0.25) is 0 Å². The van der Waals surface area contributed by atoms with Crippen LogP contribution in [-0.2, 0) is 30.4 Å². The summed E-state index contributed by atoms with van der Waals surface area (Å²) in [5.41, 5.74) is 0. The Balaban J connectivity index is 3.73. The molecule has 0 aromatic heterocycles. The van der Waals surface area contributed by atoms with E-state index < -0.39 is 26.8 Å². The normalized spacial score (nSPS) is 13.3. The fourth-order valence-corrected chi connectivity index (χ4v) is 2.76. The first kappa shape index (κ1) is 16.5. The van der Waals surface area contributed by atoms with Crippen molar-refractivity contribution in [2.24, 2.45) is 0 Å². The molecule has 1 atom stereocenters. The van der Waals surface area contributed by atoms with E-state index in [9.17, 15) is 17.4 Å². The molecule has 0 saturated heterocycles. The molecule has 0 aliphatic rings. The second-order valence-electron chi connectivity index (χ2n) is 3.52. The molecule has 0 aliphatic carbocycles. The predicted molar refractivity (Wildman–Crippen MR) is 66.6 cm³/mol. The van der Waals surface area contributed by atoms with Gasteiger partial charge in [0.1, 0.15) is 0 Å². The molecule has 0 aromatic carbocycles. The Bertz CT molecular complexity index is 352. The largest absolute Gasteiger partial charge is 0.469 e. The fraction of sp³-hybridized carbons (Fsp3) is 0.889. The summed E-state index contributed by atoms with van der Waals surface area (Å²) in [7, 11) is -2.98. The molecule has 0 aromatic rings. The molecular formula is C9H19NO5S2. The first-order valence-electron chi connectivity index (χ1n) is 5.21. The summed E-state index contributed by atoms with van der Waals surface area (Å²) in [5.74, 6) is -0.0382. The third-order valence-electron chi connectivity index (χ3n) is 1.95. The summed E-state index contributed by atoms with van der Waals surface area (Å²) >= 11 is 0. The van der Waals surface area contributed by atoms with Gasteiger partial charge in [-0.15, -0.1) is 0 Å². The van der Waals surface area contributed by atoms with E-state index in [2.05, 4.69) is 9.46 Å². The van der Waals surface area contributed by atoms with Gasteiger partial charge >= 0.3 is 5.97 Å². The molecule has 0 aliphatic heterocycles. The lowest BCUT2D eigenvalue weighted by Gasteiger charge is -2.05. The van der Waals surface area contributed by atoms with Crippen molar-refractivity contribution in [3.63, 3.8) is 0 Å². The van der Waals surface area contributed by atoms with Gasteiger partial charge in [0, 0.05) is 35.8 Å². The first-order chi connectivity index (χ1) is 7.87. The molecule has 0 amide bonds. The maximum atomic E-state index is 11.4. The van der Waals surface area contributed by atoms with Gasteiger partial charge in [0.2, 0.25) is 10.0 Å². The van der Waals surface area contributed by atoms with Crippen molar-refractivity contribution < 1.29 is 22.2 Å². The SMILES string of the molecule is COC(=O)CCCS(=O)(=O)NCCCS(C)=O. The van der Waals surface area contributed by atoms with Crippen LogP contribution in [0.4, 0.5) is 0 Å². The van der Waals surface area contributed by atoms with Gasteiger partial charge in [0.05, 0.1) is 12.9 Å². The highest BCUT2D eigenvalue weighted by Gasteiger charge is 2.10. The number of hydrogen-bond acceptors (Lipinski definition) is 5. The molecule has 0 saturated carbocycles. The molecule has 0 bridgehead atoms. The number of ether oxygens (including phenoxy) is 1. The molecule has 17 heavy (non-hydrogen) atoms. The van der Waals surface area contributed by atoms with E-state index in [0.29, 0.717) is 12.2 Å². The van der Waals surface area contributed by atoms with E-state index in [-0.39, 0.29) is 25.1 Å². The van der Waals surface area contributed by atoms with Crippen molar-refractivity contribution in [1.29, 1.82) is 0 Å². The Morgan fingerprint density at radius 3 is 2.53 bits per heavy atom. The number of sulfonamides is 1. The van der Waals surface area contributed by atoms with Crippen LogP contribution in [0.3, 0.4) is 0 Å². The standard InChI is InChI=1S/C9H19NO5S2/c1-15-9(11)5-3-8-17(13,14)10-6-4-7-16(2)12/h10H,3-8H2,1-2H3. The predicted octanol–water partition coefficient (Wildman–Crippen LogP) is -0.372. The Hall–Kier alpha value is -0.470. The van der Waals surface area contributed by atoms with E-state index >= 15 is 0 Å². The maximum Gasteiger partial charge on any atom is 0.305 e. The molecule has 0 fully saturated rings. The minimum Gasteiger partial charge on any atom is -0.469 e. The van der Waals surface area contributed by atoms with E-state index in [4.69, 9.17) is 0 Å². The minimum absolute atomic E-state index is 0.0936. The van der Waals surface area contributed by atoms with Crippen molar-refractivity contribution >= 4 is 26.8 Å². The van der Waals surface area contributed by atoms with Crippen molar-refractivity contribution in [1.82, 2.24) is 4.72 Å². The number of carbonyl (C=O) groups is 1. The van der Waals surface area contributed by atoms with E-state index in [1.54, 1.807) is 6.26 Å². The smallest absolute Gasteiger partial charge is 0.305 e. The summed E-state index contributed by atoms with van der Waals surface area (Å²) in [6.07, 6.45) is 2.45. The van der Waals surface area contributed by atoms with E-state index in [0.717, 1.165) is 0 Å². The van der Waals surface area contributed by atoms with Gasteiger partial charge in [0.25, 0.3) is 0 Å². The monoisotopic (exact) mass is 285 g/mol. The zero-order valence-corrected chi connectivity index (χ0v) is 11.7. The molecule has 1 unspecified atom stereocenters. The molecule has 1 N–H and O–H groups in total. The molecule has 8 heteroatoms. The van der Waals surface area contributed by atoms with Gasteiger partial charge in [-0.25, -0.2) is 13.1 Å². The zero-order valence-electron chi connectivity index (χ0n) is 10.1. The van der Waals surface area contributed by atoms with Gasteiger partial charge in [-0.3, -0.25) is 9.00 Å². The Labute approximate surface area is 105 Å². The van der Waals surface area contributed by atoms with Crippen LogP contribution in [-0.4, -0.2) is 50.0 Å². The third-order valence-corrected chi connectivity index (χ3v) is 4.29. The number of rotatable bonds is 9. The lowest BCUT2D eigenvalue weighted by atomic mass is 10.3. The molecule has 102 valence electrons. The van der Waals surface area contributed by atoms with Crippen molar-refractivity contribution in [3.8, 4) is 0 Å². The highest BCUT2D eigenvalue weighted by atomic mass is 32.2. The van der Waals surface area contributed by atoms with E-state index in [1.165, 1.54) is 7.11 Å². The second kappa shape index (κ2) is 8.60. The molecular weight excluding hydrogens is 266 g/mol. The highest BCUT2D eigenvalue weighted by molar-refractivity contribution is 7.89. The summed E-state index contributed by atoms with van der Waals surface area (Å²) in [6.45, 7) is 0.278. The van der Waals surface area contributed by atoms with Gasteiger partial charge in [0.15, 0.2) is 0 Å². The maximum absolute atomic E-state index is 11.4. The van der Waals surface area contributed by atoms with E-state index in [1.807, 2.05) is 0 Å². The van der Waals surface area contributed by atoms with Crippen LogP contribution in [0.25, 0.3) is 0 Å². The Morgan fingerprint density at radius 2 is 2.00 bits per heavy atom. The first-order valence-corrected chi connectivity index (χ1v) is 8.59. The number of carbonyl (C=O) groups excluding carboxylic acids is 1. The third kappa shape index (κ3) is 10.4. The van der Waals surface area contributed by atoms with Crippen molar-refractivity contribution in [3.05, 3.63) is 0 Å². The van der Waals surface area contributed by atoms with Gasteiger partial charge in [-0.05, 0) is 12.8 Å². The molecule has 0 rings (SSSR count). The van der Waals surface area contributed by atoms with Crippen molar-refractivity contribution in [2.75, 3.05) is 31.4 Å². The quantitative estimate of drug-likeness (QED) is 0.461. The lowest BCUT2D eigenvalue weighted by Crippen LogP contribution is -2.28. The Morgan fingerprint density at radius 1 is 1.35 bits per heavy atom. The number of nitrogens with one attached hydrogen (secondary N) is 1. The molecule has 6 nitrogen and oxygen atoms in total. The number of hydrogen-bond donors (Lipinski definition) is 1. The summed E-state index contributed by atoms with van der Waals surface area (Å²) in [6, 6.07) is 0. The number of esters is 1. The molecule has 0 radical (unpaired) electrons. The van der Waals surface area contributed by atoms with Crippen LogP contribution in [0.1, 0.15) is 19.3 Å². The summed E-state index contributed by atoms with van der Waals surface area (Å²) in [5, 5.41) is 0.